The van der Waals surface area contributed by atoms with E-state index in [1.807, 2.05) is 18.2 Å². The summed E-state index contributed by atoms with van der Waals surface area (Å²) in [5.41, 5.74) is 4.36. The van der Waals surface area contributed by atoms with Gasteiger partial charge in [-0.3, -0.25) is 0 Å². The zero-order chi connectivity index (χ0) is 20.5. The lowest BCUT2D eigenvalue weighted by atomic mass is 9.94. The predicted molar refractivity (Wildman–Crippen MR) is 124 cm³/mol. The molecule has 152 valence electrons. The zero-order valence-electron chi connectivity index (χ0n) is 17.4. The SMILES string of the molecule is CCN(CC)CCOc1ccc(/C(=C(/Cl)C2=CCCC=C2)c2ccccc2)cc1. The molecule has 0 radical (unpaired) electrons. The molecule has 0 fully saturated rings. The molecule has 0 aromatic heterocycles. The lowest BCUT2D eigenvalue weighted by Crippen LogP contribution is -2.27. The summed E-state index contributed by atoms with van der Waals surface area (Å²) in [6.07, 6.45) is 8.64. The van der Waals surface area contributed by atoms with Crippen LogP contribution in [0.5, 0.6) is 5.75 Å². The van der Waals surface area contributed by atoms with Gasteiger partial charge in [0, 0.05) is 12.1 Å². The second-order valence-corrected chi connectivity index (χ2v) is 7.47. The first-order chi connectivity index (χ1) is 14.2. The van der Waals surface area contributed by atoms with Crippen molar-refractivity contribution in [2.75, 3.05) is 26.2 Å². The lowest BCUT2D eigenvalue weighted by Gasteiger charge is -2.18. The fourth-order valence-electron chi connectivity index (χ4n) is 3.50. The molecule has 2 aromatic rings. The van der Waals surface area contributed by atoms with Crippen molar-refractivity contribution < 1.29 is 4.74 Å². The second-order valence-electron chi connectivity index (χ2n) is 7.09. The number of ether oxygens (including phenoxy) is 1. The van der Waals surface area contributed by atoms with Crippen LogP contribution >= 0.6 is 11.6 Å². The molecule has 0 heterocycles. The summed E-state index contributed by atoms with van der Waals surface area (Å²) in [6.45, 7) is 8.09. The number of halogens is 1. The third kappa shape index (κ3) is 5.85. The Bertz CT molecular complexity index is 861. The first-order valence-electron chi connectivity index (χ1n) is 10.5. The Hall–Kier alpha value is -2.29. The molecule has 1 aliphatic rings. The van der Waals surface area contributed by atoms with Crippen LogP contribution in [0.2, 0.25) is 0 Å². The van der Waals surface area contributed by atoms with Crippen LogP contribution in [0.15, 0.2) is 83.4 Å². The fraction of sp³-hybridized carbons (Fsp3) is 0.308. The van der Waals surface area contributed by atoms with Crippen LogP contribution < -0.4 is 4.74 Å². The Morgan fingerprint density at radius 3 is 2.24 bits per heavy atom. The number of nitrogens with zero attached hydrogens (tertiary/aromatic N) is 1. The van der Waals surface area contributed by atoms with Crippen molar-refractivity contribution in [1.29, 1.82) is 0 Å². The second kappa shape index (κ2) is 11.0. The summed E-state index contributed by atoms with van der Waals surface area (Å²) in [4.78, 5) is 2.36. The Balaban J connectivity index is 1.84. The van der Waals surface area contributed by atoms with Gasteiger partial charge in [0.15, 0.2) is 0 Å². The van der Waals surface area contributed by atoms with Crippen molar-refractivity contribution in [1.82, 2.24) is 4.90 Å². The predicted octanol–water partition coefficient (Wildman–Crippen LogP) is 6.68. The van der Waals surface area contributed by atoms with E-state index in [1.165, 1.54) is 0 Å². The molecule has 3 heteroatoms. The van der Waals surface area contributed by atoms with Gasteiger partial charge < -0.3 is 9.64 Å². The van der Waals surface area contributed by atoms with E-state index >= 15 is 0 Å². The van der Waals surface area contributed by atoms with Crippen LogP contribution in [-0.2, 0) is 0 Å². The van der Waals surface area contributed by atoms with E-state index in [1.54, 1.807) is 0 Å². The number of rotatable bonds is 9. The summed E-state index contributed by atoms with van der Waals surface area (Å²) in [5, 5.41) is 0.794. The minimum absolute atomic E-state index is 0.695. The maximum absolute atomic E-state index is 6.91. The van der Waals surface area contributed by atoms with Gasteiger partial charge in [-0.05, 0) is 54.8 Å². The van der Waals surface area contributed by atoms with Gasteiger partial charge in [-0.1, -0.05) is 86.1 Å². The quantitative estimate of drug-likeness (QED) is 0.459. The van der Waals surface area contributed by atoms with Gasteiger partial charge in [-0.15, -0.1) is 0 Å². The number of allylic oxidation sites excluding steroid dienone is 5. The van der Waals surface area contributed by atoms with E-state index in [0.29, 0.717) is 6.61 Å². The highest BCUT2D eigenvalue weighted by Crippen LogP contribution is 2.35. The van der Waals surface area contributed by atoms with E-state index in [4.69, 9.17) is 16.3 Å². The molecular weight excluding hydrogens is 378 g/mol. The molecule has 2 nitrogen and oxygen atoms in total. The Kier molecular flexibility index (Phi) is 8.15. The highest BCUT2D eigenvalue weighted by Gasteiger charge is 2.14. The lowest BCUT2D eigenvalue weighted by molar-refractivity contribution is 0.223. The molecule has 0 saturated carbocycles. The topological polar surface area (TPSA) is 12.5 Å². The Morgan fingerprint density at radius 1 is 0.931 bits per heavy atom. The molecule has 0 aliphatic heterocycles. The third-order valence-corrected chi connectivity index (χ3v) is 5.65. The van der Waals surface area contributed by atoms with Gasteiger partial charge in [0.25, 0.3) is 0 Å². The maximum atomic E-state index is 6.91. The largest absolute Gasteiger partial charge is 0.492 e. The summed E-state index contributed by atoms with van der Waals surface area (Å²) in [7, 11) is 0. The van der Waals surface area contributed by atoms with E-state index < -0.39 is 0 Å². The number of hydrogen-bond acceptors (Lipinski definition) is 2. The molecule has 0 atom stereocenters. The molecular formula is C26H30ClNO. The molecule has 0 N–H and O–H groups in total. The number of likely N-dealkylation sites (N-methyl/N-ethyl adjacent to an activating group) is 1. The molecule has 0 amide bonds. The minimum atomic E-state index is 0.695. The molecule has 0 spiro atoms. The number of benzene rings is 2. The van der Waals surface area contributed by atoms with Crippen LogP contribution in [0.3, 0.4) is 0 Å². The van der Waals surface area contributed by atoms with Gasteiger partial charge in [0.2, 0.25) is 0 Å². The van der Waals surface area contributed by atoms with Gasteiger partial charge in [-0.2, -0.15) is 0 Å². The van der Waals surface area contributed by atoms with Crippen molar-refractivity contribution >= 4 is 17.2 Å². The highest BCUT2D eigenvalue weighted by molar-refractivity contribution is 6.36. The molecule has 3 rings (SSSR count). The van der Waals surface area contributed by atoms with Crippen molar-refractivity contribution in [2.45, 2.75) is 26.7 Å². The van der Waals surface area contributed by atoms with Crippen molar-refractivity contribution in [3.8, 4) is 5.75 Å². The smallest absolute Gasteiger partial charge is 0.119 e. The van der Waals surface area contributed by atoms with Gasteiger partial charge in [0.05, 0.1) is 5.03 Å². The maximum Gasteiger partial charge on any atom is 0.119 e. The first-order valence-corrected chi connectivity index (χ1v) is 10.9. The van der Waals surface area contributed by atoms with Crippen molar-refractivity contribution in [2.24, 2.45) is 0 Å². The van der Waals surface area contributed by atoms with E-state index in [2.05, 4.69) is 73.4 Å². The summed E-state index contributed by atoms with van der Waals surface area (Å²) in [5.74, 6) is 0.890. The van der Waals surface area contributed by atoms with Crippen LogP contribution in [0.4, 0.5) is 0 Å². The standard InChI is InChI=1S/C26H30ClNO/c1-3-28(4-2)19-20-29-24-17-15-22(16-18-24)25(21-11-7-5-8-12-21)26(27)23-13-9-6-10-14-23/h5,7-9,11-18H,3-4,6,10,19-20H2,1-2H3/b26-25+. The van der Waals surface area contributed by atoms with Crippen molar-refractivity contribution in [3.05, 3.63) is 94.6 Å². The molecule has 29 heavy (non-hydrogen) atoms. The monoisotopic (exact) mass is 407 g/mol. The van der Waals surface area contributed by atoms with Gasteiger partial charge >= 0.3 is 0 Å². The molecule has 2 aromatic carbocycles. The molecule has 0 saturated heterocycles. The normalized spacial score (nSPS) is 14.6. The Labute approximate surface area is 180 Å². The fourth-order valence-corrected chi connectivity index (χ4v) is 3.85. The van der Waals surface area contributed by atoms with Crippen LogP contribution in [-0.4, -0.2) is 31.1 Å². The van der Waals surface area contributed by atoms with Crippen molar-refractivity contribution in [3.63, 3.8) is 0 Å². The van der Waals surface area contributed by atoms with E-state index in [-0.39, 0.29) is 0 Å². The van der Waals surface area contributed by atoms with Gasteiger partial charge in [0.1, 0.15) is 12.4 Å². The first kappa shape index (κ1) is 21.4. The van der Waals surface area contributed by atoms with Crippen LogP contribution in [0, 0.1) is 0 Å². The van der Waals surface area contributed by atoms with E-state index in [9.17, 15) is 0 Å². The Morgan fingerprint density at radius 2 is 1.62 bits per heavy atom. The van der Waals surface area contributed by atoms with E-state index in [0.717, 1.165) is 65.5 Å². The molecule has 0 bridgehead atoms. The average molecular weight is 408 g/mol. The molecule has 1 aliphatic carbocycles. The summed E-state index contributed by atoms with van der Waals surface area (Å²) in [6, 6.07) is 18.6. The summed E-state index contributed by atoms with van der Waals surface area (Å²) < 4.78 is 5.94. The highest BCUT2D eigenvalue weighted by atomic mass is 35.5. The average Bonchev–Trinajstić information content (AvgIpc) is 2.79. The molecule has 0 unspecified atom stereocenters. The van der Waals surface area contributed by atoms with Gasteiger partial charge in [-0.25, -0.2) is 0 Å². The number of hydrogen-bond donors (Lipinski definition) is 0. The third-order valence-electron chi connectivity index (χ3n) is 5.24. The van der Waals surface area contributed by atoms with Crippen LogP contribution in [0.25, 0.3) is 5.57 Å². The summed E-state index contributed by atoms with van der Waals surface area (Å²) >= 11 is 6.91. The van der Waals surface area contributed by atoms with Crippen LogP contribution in [0.1, 0.15) is 37.8 Å². The zero-order valence-corrected chi connectivity index (χ0v) is 18.2. The minimum Gasteiger partial charge on any atom is -0.492 e.